The summed E-state index contributed by atoms with van der Waals surface area (Å²) in [5, 5.41) is 0. The molecule has 0 rings (SSSR count). The summed E-state index contributed by atoms with van der Waals surface area (Å²) in [6.07, 6.45) is 98.5. The van der Waals surface area contributed by atoms with Gasteiger partial charge in [-0.1, -0.05) is 282 Å². The molecule has 1 atom stereocenters. The van der Waals surface area contributed by atoms with Gasteiger partial charge in [0.2, 0.25) is 0 Å². The molecule has 0 aliphatic carbocycles. The highest BCUT2D eigenvalue weighted by Crippen LogP contribution is 2.15. The van der Waals surface area contributed by atoms with Crippen molar-refractivity contribution in [2.45, 2.75) is 303 Å². The predicted octanol–water partition coefficient (Wildman–Crippen LogP) is 23.5. The number of hydrogen-bond donors (Lipinski definition) is 0. The third-order valence-corrected chi connectivity index (χ3v) is 14.0. The molecule has 0 heterocycles. The number of esters is 3. The van der Waals surface area contributed by atoms with Gasteiger partial charge in [0.05, 0.1) is 0 Å². The zero-order valence-corrected chi connectivity index (χ0v) is 53.2. The van der Waals surface area contributed by atoms with Crippen LogP contribution in [-0.2, 0) is 28.6 Å². The summed E-state index contributed by atoms with van der Waals surface area (Å²) >= 11 is 0. The Balaban J connectivity index is 4.41. The van der Waals surface area contributed by atoms with Gasteiger partial charge in [0.1, 0.15) is 13.2 Å². The van der Waals surface area contributed by atoms with Gasteiger partial charge < -0.3 is 14.2 Å². The molecule has 0 N–H and O–H groups in total. The molecule has 0 aromatic carbocycles. The van der Waals surface area contributed by atoms with Gasteiger partial charge in [-0.05, 0) is 141 Å². The first-order chi connectivity index (χ1) is 40.5. The maximum Gasteiger partial charge on any atom is 0.306 e. The van der Waals surface area contributed by atoms with Gasteiger partial charge in [0.25, 0.3) is 0 Å². The molecule has 6 nitrogen and oxygen atoms in total. The molecule has 82 heavy (non-hydrogen) atoms. The molecule has 0 saturated carbocycles. The van der Waals surface area contributed by atoms with E-state index in [4.69, 9.17) is 14.2 Å². The minimum absolute atomic E-state index is 0.0985. The van der Waals surface area contributed by atoms with Crippen LogP contribution in [0.4, 0.5) is 0 Å². The Morgan fingerprint density at radius 1 is 0.256 bits per heavy atom. The molecule has 0 radical (unpaired) electrons. The van der Waals surface area contributed by atoms with Gasteiger partial charge in [-0.3, -0.25) is 14.4 Å². The molecule has 1 unspecified atom stereocenters. The van der Waals surface area contributed by atoms with Crippen LogP contribution in [-0.4, -0.2) is 37.2 Å². The van der Waals surface area contributed by atoms with E-state index in [-0.39, 0.29) is 31.1 Å². The molecular formula is C76H124O6. The zero-order valence-electron chi connectivity index (χ0n) is 53.2. The van der Waals surface area contributed by atoms with Crippen LogP contribution in [0.25, 0.3) is 0 Å². The van der Waals surface area contributed by atoms with Gasteiger partial charge in [-0.2, -0.15) is 0 Å². The van der Waals surface area contributed by atoms with Crippen molar-refractivity contribution in [3.63, 3.8) is 0 Å². The Morgan fingerprint density at radius 3 is 0.780 bits per heavy atom. The standard InChI is InChI=1S/C76H124O6/c1-4-7-10-13-16-19-22-25-28-30-32-34-35-36-37-38-39-40-41-43-44-46-48-51-54-57-60-63-66-69-75(78)81-72-73(71-80-74(77)68-65-62-59-56-53-50-27-24-21-18-15-12-9-6-3)82-76(79)70-67-64-61-58-55-52-49-47-45-42-33-31-29-26-23-20-17-14-11-8-5-2/h7,10,15-16,18-19,23-28,31-34,36-37,39-40,43-45,47,73H,4-6,8-9,11-14,17,20-22,29-30,35,38,41-42,46,48-72H2,1-3H3/b10-7-,18-15-,19-16-,26-23-,27-24-,28-25-,33-31-,34-32-,37-36-,40-39-,44-43-,47-45-. The Kier molecular flexibility index (Phi) is 64.8. The number of ether oxygens (including phenoxy) is 3. The molecule has 0 fully saturated rings. The van der Waals surface area contributed by atoms with Gasteiger partial charge in [0, 0.05) is 19.3 Å². The number of hydrogen-bond acceptors (Lipinski definition) is 6. The fourth-order valence-electron chi connectivity index (χ4n) is 8.98. The third-order valence-electron chi connectivity index (χ3n) is 14.0. The van der Waals surface area contributed by atoms with Crippen molar-refractivity contribution < 1.29 is 28.6 Å². The molecule has 0 aliphatic rings. The van der Waals surface area contributed by atoms with Gasteiger partial charge in [-0.25, -0.2) is 0 Å². The maximum atomic E-state index is 12.9. The van der Waals surface area contributed by atoms with Crippen molar-refractivity contribution in [2.24, 2.45) is 0 Å². The molecule has 0 aromatic heterocycles. The zero-order chi connectivity index (χ0) is 59.2. The van der Waals surface area contributed by atoms with Gasteiger partial charge >= 0.3 is 17.9 Å². The second-order valence-corrected chi connectivity index (χ2v) is 22.0. The highest BCUT2D eigenvalue weighted by atomic mass is 16.6. The van der Waals surface area contributed by atoms with E-state index in [1.807, 2.05) is 0 Å². The van der Waals surface area contributed by atoms with Gasteiger partial charge in [-0.15, -0.1) is 0 Å². The summed E-state index contributed by atoms with van der Waals surface area (Å²) in [4.78, 5) is 38.4. The lowest BCUT2D eigenvalue weighted by Gasteiger charge is -2.18. The summed E-state index contributed by atoms with van der Waals surface area (Å²) in [6, 6.07) is 0. The summed E-state index contributed by atoms with van der Waals surface area (Å²) in [5.41, 5.74) is 0. The predicted molar refractivity (Wildman–Crippen MR) is 357 cm³/mol. The lowest BCUT2D eigenvalue weighted by atomic mass is 10.1. The normalized spacial score (nSPS) is 13.1. The van der Waals surface area contributed by atoms with Crippen molar-refractivity contribution in [1.29, 1.82) is 0 Å². The highest BCUT2D eigenvalue weighted by molar-refractivity contribution is 5.71. The fraction of sp³-hybridized carbons (Fsp3) is 0.645. The Morgan fingerprint density at radius 2 is 0.488 bits per heavy atom. The number of carbonyl (C=O) groups is 3. The van der Waals surface area contributed by atoms with Crippen molar-refractivity contribution in [3.05, 3.63) is 146 Å². The minimum atomic E-state index is -0.804. The van der Waals surface area contributed by atoms with E-state index in [9.17, 15) is 14.4 Å². The van der Waals surface area contributed by atoms with Crippen molar-refractivity contribution in [3.8, 4) is 0 Å². The van der Waals surface area contributed by atoms with Crippen molar-refractivity contribution >= 4 is 17.9 Å². The van der Waals surface area contributed by atoms with Crippen LogP contribution in [0.3, 0.4) is 0 Å². The fourth-order valence-corrected chi connectivity index (χ4v) is 8.98. The van der Waals surface area contributed by atoms with Crippen molar-refractivity contribution in [1.82, 2.24) is 0 Å². The van der Waals surface area contributed by atoms with Crippen LogP contribution in [0, 0.1) is 0 Å². The summed E-state index contributed by atoms with van der Waals surface area (Å²) in [7, 11) is 0. The van der Waals surface area contributed by atoms with E-state index in [0.717, 1.165) is 161 Å². The van der Waals surface area contributed by atoms with E-state index >= 15 is 0 Å². The average molecular weight is 1130 g/mol. The maximum absolute atomic E-state index is 12.9. The smallest absolute Gasteiger partial charge is 0.306 e. The average Bonchev–Trinajstić information content (AvgIpc) is 3.47. The van der Waals surface area contributed by atoms with Crippen LogP contribution in [0.5, 0.6) is 0 Å². The first-order valence-corrected chi connectivity index (χ1v) is 33.8. The molecule has 6 heteroatoms. The molecule has 0 amide bonds. The molecular weight excluding hydrogens is 1010 g/mol. The van der Waals surface area contributed by atoms with Crippen LogP contribution in [0.15, 0.2) is 146 Å². The van der Waals surface area contributed by atoms with Crippen LogP contribution in [0.2, 0.25) is 0 Å². The third kappa shape index (κ3) is 66.1. The second-order valence-electron chi connectivity index (χ2n) is 22.0. The number of unbranched alkanes of at least 4 members (excludes halogenated alkanes) is 25. The number of allylic oxidation sites excluding steroid dienone is 24. The van der Waals surface area contributed by atoms with E-state index in [2.05, 4.69) is 167 Å². The lowest BCUT2D eigenvalue weighted by Crippen LogP contribution is -2.30. The number of rotatable bonds is 60. The topological polar surface area (TPSA) is 78.9 Å². The Labute approximate surface area is 506 Å². The first-order valence-electron chi connectivity index (χ1n) is 33.8. The second kappa shape index (κ2) is 68.8. The monoisotopic (exact) mass is 1130 g/mol. The first kappa shape index (κ1) is 77.3. The number of carbonyl (C=O) groups excluding carboxylic acids is 3. The SMILES string of the molecule is CC/C=C\C/C=C\C/C=C\C/C=C\C/C=C\C/C=C\C/C=C\CCCCCCCCCC(=O)OCC(COC(=O)CCCCCCC/C=C\C/C=C\CCCC)OC(=O)CCCCCCCC/C=C\C/C=C\C/C=C\CCCCCCC. The molecule has 464 valence electrons. The minimum Gasteiger partial charge on any atom is -0.462 e. The van der Waals surface area contributed by atoms with Gasteiger partial charge in [0.15, 0.2) is 6.10 Å². The van der Waals surface area contributed by atoms with Crippen LogP contribution < -0.4 is 0 Å². The van der Waals surface area contributed by atoms with Crippen LogP contribution >= 0.6 is 0 Å². The lowest BCUT2D eigenvalue weighted by molar-refractivity contribution is -0.167. The van der Waals surface area contributed by atoms with E-state index < -0.39 is 6.10 Å². The summed E-state index contributed by atoms with van der Waals surface area (Å²) in [5.74, 6) is -0.933. The van der Waals surface area contributed by atoms with E-state index in [1.165, 1.54) is 96.3 Å². The largest absolute Gasteiger partial charge is 0.462 e. The molecule has 0 spiro atoms. The summed E-state index contributed by atoms with van der Waals surface area (Å²) < 4.78 is 16.9. The molecule has 0 aliphatic heterocycles. The van der Waals surface area contributed by atoms with Crippen LogP contribution in [0.1, 0.15) is 297 Å². The van der Waals surface area contributed by atoms with Crippen molar-refractivity contribution in [2.75, 3.05) is 13.2 Å². The summed E-state index contributed by atoms with van der Waals surface area (Å²) in [6.45, 7) is 6.45. The quantitative estimate of drug-likeness (QED) is 0.0261. The van der Waals surface area contributed by atoms with E-state index in [1.54, 1.807) is 0 Å². The highest BCUT2D eigenvalue weighted by Gasteiger charge is 2.19. The van der Waals surface area contributed by atoms with E-state index in [0.29, 0.717) is 19.3 Å². The molecule has 0 aromatic rings. The molecule has 0 bridgehead atoms. The Bertz CT molecular complexity index is 1780. The Hall–Kier alpha value is -4.71. The molecule has 0 saturated heterocycles.